The van der Waals surface area contributed by atoms with Crippen LogP contribution in [0, 0.1) is 18.8 Å². The predicted molar refractivity (Wildman–Crippen MR) is 127 cm³/mol. The standard InChI is InChI=1S/C26H31F3N4O3/c1-16-7-10-31-22(11-16)25(36)8-5-17(6-9-25)20-13-30-14-21(20)33-23(34)15-32-24(35)18-3-2-4-19(12-18)26(27,28)29/h2-4,7,10-12,17,20-21,30,36H,5-6,8-9,13-15H2,1H3,(H,32,35)(H,33,34)/t17?,20?,21-,25?/m0/s1. The lowest BCUT2D eigenvalue weighted by molar-refractivity contribution is -0.137. The Hall–Kier alpha value is -2.98. The molecule has 1 aliphatic heterocycles. The number of aliphatic hydroxyl groups is 1. The van der Waals surface area contributed by atoms with Crippen molar-refractivity contribution >= 4 is 11.8 Å². The first-order chi connectivity index (χ1) is 17.0. The van der Waals surface area contributed by atoms with Gasteiger partial charge in [0.2, 0.25) is 5.91 Å². The molecule has 4 N–H and O–H groups in total. The number of alkyl halides is 3. The van der Waals surface area contributed by atoms with Crippen molar-refractivity contribution in [2.75, 3.05) is 19.6 Å². The molecule has 10 heteroatoms. The molecule has 0 bridgehead atoms. The zero-order valence-corrected chi connectivity index (χ0v) is 20.1. The van der Waals surface area contributed by atoms with E-state index in [0.29, 0.717) is 31.0 Å². The Bertz CT molecular complexity index is 1100. The number of hydrogen-bond donors (Lipinski definition) is 4. The van der Waals surface area contributed by atoms with Gasteiger partial charge in [-0.15, -0.1) is 0 Å². The van der Waals surface area contributed by atoms with Gasteiger partial charge in [-0.25, -0.2) is 0 Å². The van der Waals surface area contributed by atoms with Gasteiger partial charge in [0.25, 0.3) is 5.91 Å². The maximum Gasteiger partial charge on any atom is 0.416 e. The predicted octanol–water partition coefficient (Wildman–Crippen LogP) is 2.92. The van der Waals surface area contributed by atoms with Crippen molar-refractivity contribution in [3.8, 4) is 0 Å². The van der Waals surface area contributed by atoms with E-state index in [-0.39, 0.29) is 24.1 Å². The molecule has 1 unspecified atom stereocenters. The first kappa shape index (κ1) is 26.1. The summed E-state index contributed by atoms with van der Waals surface area (Å²) in [6.45, 7) is 2.98. The van der Waals surface area contributed by atoms with Gasteiger partial charge in [0.05, 0.1) is 17.8 Å². The Balaban J connectivity index is 1.28. The average Bonchev–Trinajstić information content (AvgIpc) is 3.30. The molecule has 1 aliphatic carbocycles. The molecule has 36 heavy (non-hydrogen) atoms. The lowest BCUT2D eigenvalue weighted by Gasteiger charge is -2.39. The zero-order chi connectivity index (χ0) is 25.9. The lowest BCUT2D eigenvalue weighted by atomic mass is 9.71. The summed E-state index contributed by atoms with van der Waals surface area (Å²) >= 11 is 0. The molecular formula is C26H31F3N4O3. The summed E-state index contributed by atoms with van der Waals surface area (Å²) in [7, 11) is 0. The minimum atomic E-state index is -4.55. The summed E-state index contributed by atoms with van der Waals surface area (Å²) < 4.78 is 38.7. The average molecular weight is 505 g/mol. The number of pyridine rings is 1. The Morgan fingerprint density at radius 2 is 1.92 bits per heavy atom. The number of carbonyl (C=O) groups is 2. The van der Waals surface area contributed by atoms with Crippen LogP contribution >= 0.6 is 0 Å². The highest BCUT2D eigenvalue weighted by atomic mass is 19.4. The van der Waals surface area contributed by atoms with Gasteiger partial charge in [0.1, 0.15) is 5.60 Å². The third kappa shape index (κ3) is 6.04. The summed E-state index contributed by atoms with van der Waals surface area (Å²) in [5.74, 6) is -0.641. The fraction of sp³-hybridized carbons (Fsp3) is 0.500. The van der Waals surface area contributed by atoms with Gasteiger partial charge >= 0.3 is 6.18 Å². The maximum absolute atomic E-state index is 12.9. The number of halogens is 3. The fourth-order valence-corrected chi connectivity index (χ4v) is 5.30. The molecule has 7 nitrogen and oxygen atoms in total. The minimum absolute atomic E-state index is 0.128. The van der Waals surface area contributed by atoms with Crippen molar-refractivity contribution < 1.29 is 27.9 Å². The topological polar surface area (TPSA) is 103 Å². The van der Waals surface area contributed by atoms with Crippen LogP contribution in [0.25, 0.3) is 0 Å². The molecule has 0 spiro atoms. The SMILES string of the molecule is Cc1ccnc(C2(O)CCC(C3CNC[C@@H]3NC(=O)CNC(=O)c3cccc(C(F)(F)F)c3)CC2)c1. The summed E-state index contributed by atoms with van der Waals surface area (Å²) in [6, 6.07) is 7.78. The summed E-state index contributed by atoms with van der Waals surface area (Å²) in [4.78, 5) is 29.2. The van der Waals surface area contributed by atoms with E-state index in [4.69, 9.17) is 0 Å². The van der Waals surface area contributed by atoms with Crippen LogP contribution in [-0.4, -0.2) is 47.6 Å². The van der Waals surface area contributed by atoms with E-state index >= 15 is 0 Å². The first-order valence-corrected chi connectivity index (χ1v) is 12.2. The molecule has 1 saturated heterocycles. The fourth-order valence-electron chi connectivity index (χ4n) is 5.30. The number of amides is 2. The highest BCUT2D eigenvalue weighted by molar-refractivity contribution is 5.96. The highest BCUT2D eigenvalue weighted by Gasteiger charge is 2.42. The van der Waals surface area contributed by atoms with E-state index in [1.54, 1.807) is 6.20 Å². The van der Waals surface area contributed by atoms with Gasteiger partial charge in [0.15, 0.2) is 0 Å². The number of carbonyl (C=O) groups excluding carboxylic acids is 2. The van der Waals surface area contributed by atoms with E-state index in [9.17, 15) is 27.9 Å². The molecule has 2 heterocycles. The van der Waals surface area contributed by atoms with E-state index in [1.165, 1.54) is 6.07 Å². The molecule has 4 rings (SSSR count). The second-order valence-electron chi connectivity index (χ2n) is 9.84. The maximum atomic E-state index is 12.9. The number of hydrogen-bond acceptors (Lipinski definition) is 5. The molecule has 2 fully saturated rings. The summed E-state index contributed by atoms with van der Waals surface area (Å²) in [6.07, 6.45) is -0.0403. The van der Waals surface area contributed by atoms with E-state index in [1.807, 2.05) is 19.1 Å². The Labute approximate surface area is 207 Å². The van der Waals surface area contributed by atoms with Gasteiger partial charge in [-0.05, 0) is 80.3 Å². The lowest BCUT2D eigenvalue weighted by Crippen LogP contribution is -2.47. The molecule has 2 aliphatic rings. The molecule has 0 radical (unpaired) electrons. The molecule has 2 aromatic rings. The van der Waals surface area contributed by atoms with Crippen molar-refractivity contribution in [1.82, 2.24) is 20.9 Å². The molecule has 2 amide bonds. The minimum Gasteiger partial charge on any atom is -0.384 e. The van der Waals surface area contributed by atoms with Crippen molar-refractivity contribution in [1.29, 1.82) is 0 Å². The molecule has 1 saturated carbocycles. The number of rotatable bonds is 6. The normalized spacial score (nSPS) is 26.4. The molecular weight excluding hydrogens is 473 g/mol. The first-order valence-electron chi connectivity index (χ1n) is 12.2. The quantitative estimate of drug-likeness (QED) is 0.485. The Kier molecular flexibility index (Phi) is 7.65. The molecule has 194 valence electrons. The summed E-state index contributed by atoms with van der Waals surface area (Å²) in [5.41, 5.74) is -0.265. The number of benzene rings is 1. The van der Waals surface area contributed by atoms with Gasteiger partial charge in [-0.2, -0.15) is 13.2 Å². The second kappa shape index (κ2) is 10.6. The Morgan fingerprint density at radius 3 is 2.61 bits per heavy atom. The third-order valence-electron chi connectivity index (χ3n) is 7.32. The van der Waals surface area contributed by atoms with Gasteiger partial charge in [-0.1, -0.05) is 6.07 Å². The number of aryl methyl sites for hydroxylation is 1. The number of nitrogens with one attached hydrogen (secondary N) is 3. The van der Waals surface area contributed by atoms with Crippen LogP contribution in [0.4, 0.5) is 13.2 Å². The molecule has 1 aromatic heterocycles. The summed E-state index contributed by atoms with van der Waals surface area (Å²) in [5, 5.41) is 19.8. The van der Waals surface area contributed by atoms with Crippen molar-refractivity contribution in [3.05, 3.63) is 65.0 Å². The van der Waals surface area contributed by atoms with Crippen LogP contribution in [0.2, 0.25) is 0 Å². The second-order valence-corrected chi connectivity index (χ2v) is 9.84. The van der Waals surface area contributed by atoms with Crippen molar-refractivity contribution in [3.63, 3.8) is 0 Å². The molecule has 1 aromatic carbocycles. The van der Waals surface area contributed by atoms with Gasteiger partial charge < -0.3 is 21.1 Å². The van der Waals surface area contributed by atoms with Crippen LogP contribution in [0.3, 0.4) is 0 Å². The zero-order valence-electron chi connectivity index (χ0n) is 20.1. The third-order valence-corrected chi connectivity index (χ3v) is 7.32. The number of aromatic nitrogens is 1. The van der Waals surface area contributed by atoms with Crippen LogP contribution < -0.4 is 16.0 Å². The van der Waals surface area contributed by atoms with Crippen LogP contribution in [0.5, 0.6) is 0 Å². The molecule has 2 atom stereocenters. The van der Waals surface area contributed by atoms with E-state index in [0.717, 1.165) is 43.1 Å². The number of nitrogens with zero attached hydrogens (tertiary/aromatic N) is 1. The monoisotopic (exact) mass is 504 g/mol. The van der Waals surface area contributed by atoms with Gasteiger partial charge in [0, 0.05) is 30.9 Å². The van der Waals surface area contributed by atoms with Gasteiger partial charge in [-0.3, -0.25) is 14.6 Å². The van der Waals surface area contributed by atoms with E-state index < -0.39 is 29.2 Å². The Morgan fingerprint density at radius 1 is 1.17 bits per heavy atom. The highest BCUT2D eigenvalue weighted by Crippen LogP contribution is 2.42. The van der Waals surface area contributed by atoms with E-state index in [2.05, 4.69) is 20.9 Å². The van der Waals surface area contributed by atoms with Crippen LogP contribution in [0.15, 0.2) is 42.6 Å². The smallest absolute Gasteiger partial charge is 0.384 e. The van der Waals surface area contributed by atoms with Crippen molar-refractivity contribution in [2.24, 2.45) is 11.8 Å². The van der Waals surface area contributed by atoms with Crippen LogP contribution in [0.1, 0.15) is 52.9 Å². The van der Waals surface area contributed by atoms with Crippen molar-refractivity contribution in [2.45, 2.75) is 50.4 Å². The largest absolute Gasteiger partial charge is 0.416 e. The van der Waals surface area contributed by atoms with Crippen LogP contribution in [-0.2, 0) is 16.6 Å².